The molecule has 1 saturated heterocycles. The Bertz CT molecular complexity index is 456. The zero-order valence-electron chi connectivity index (χ0n) is 12.0. The minimum atomic E-state index is -0.659. The number of rotatable bonds is 4. The summed E-state index contributed by atoms with van der Waals surface area (Å²) in [5.74, 6) is 1.26. The van der Waals surface area contributed by atoms with Gasteiger partial charge in [-0.25, -0.2) is 0 Å². The second-order valence-corrected chi connectivity index (χ2v) is 5.04. The molecule has 5 heteroatoms. The van der Waals surface area contributed by atoms with Crippen LogP contribution in [0.1, 0.15) is 30.9 Å². The zero-order chi connectivity index (χ0) is 14.4. The zero-order valence-corrected chi connectivity index (χ0v) is 12.0. The summed E-state index contributed by atoms with van der Waals surface area (Å²) in [6.07, 6.45) is 2.92. The number of hydrogen-bond acceptors (Lipinski definition) is 3. The first-order valence-electron chi connectivity index (χ1n) is 7.07. The Hall–Kier alpha value is -1.75. The van der Waals surface area contributed by atoms with Crippen LogP contribution in [-0.2, 0) is 0 Å². The number of nitrogens with zero attached hydrogens (tertiary/aromatic N) is 2. The maximum absolute atomic E-state index is 10.2. The number of piperidine rings is 1. The quantitative estimate of drug-likeness (QED) is 0.647. The summed E-state index contributed by atoms with van der Waals surface area (Å²) in [6.45, 7) is 2.20. The molecule has 1 aromatic rings. The average molecular weight is 277 g/mol. The Labute approximate surface area is 120 Å². The predicted molar refractivity (Wildman–Crippen MR) is 79.9 cm³/mol. The van der Waals surface area contributed by atoms with Gasteiger partial charge in [0, 0.05) is 13.1 Å². The molecule has 1 aromatic carbocycles. The van der Waals surface area contributed by atoms with E-state index in [9.17, 15) is 5.11 Å². The first-order chi connectivity index (χ1) is 9.70. The molecule has 0 saturated carbocycles. The number of benzene rings is 1. The van der Waals surface area contributed by atoms with Crippen LogP contribution in [-0.4, -0.2) is 42.7 Å². The fourth-order valence-electron chi connectivity index (χ4n) is 2.36. The standard InChI is InChI=1S/C15H23N3O2/c1-20-13-7-5-6-12(10-13)14(19)11-17-15(16)18-8-3-2-4-9-18/h5-7,10,14,19H,2-4,8-9,11H2,1H3,(H2,16,17). The number of guanidine groups is 1. The van der Waals surface area contributed by atoms with E-state index in [1.54, 1.807) is 7.11 Å². The second kappa shape index (κ2) is 7.14. The summed E-state index contributed by atoms with van der Waals surface area (Å²) in [7, 11) is 1.61. The summed E-state index contributed by atoms with van der Waals surface area (Å²) < 4.78 is 5.15. The lowest BCUT2D eigenvalue weighted by atomic mass is 10.1. The molecule has 1 atom stereocenters. The van der Waals surface area contributed by atoms with E-state index in [1.165, 1.54) is 6.42 Å². The first-order valence-corrected chi connectivity index (χ1v) is 7.07. The number of hydrogen-bond donors (Lipinski definition) is 2. The molecule has 20 heavy (non-hydrogen) atoms. The first kappa shape index (κ1) is 14.7. The van der Waals surface area contributed by atoms with Crippen molar-refractivity contribution >= 4 is 5.96 Å². The monoisotopic (exact) mass is 277 g/mol. The van der Waals surface area contributed by atoms with Crippen molar-refractivity contribution in [2.24, 2.45) is 10.7 Å². The molecule has 1 aliphatic heterocycles. The molecule has 0 amide bonds. The highest BCUT2D eigenvalue weighted by molar-refractivity contribution is 5.78. The lowest BCUT2D eigenvalue weighted by Crippen LogP contribution is -2.41. The number of aliphatic hydroxyl groups excluding tert-OH is 1. The van der Waals surface area contributed by atoms with Crippen molar-refractivity contribution in [1.82, 2.24) is 4.90 Å². The van der Waals surface area contributed by atoms with Crippen molar-refractivity contribution in [2.45, 2.75) is 25.4 Å². The summed E-state index contributed by atoms with van der Waals surface area (Å²) in [4.78, 5) is 6.39. The molecule has 1 heterocycles. The van der Waals surface area contributed by atoms with E-state index in [2.05, 4.69) is 9.89 Å². The van der Waals surface area contributed by atoms with Crippen LogP contribution < -0.4 is 10.5 Å². The van der Waals surface area contributed by atoms with Crippen LogP contribution in [0.5, 0.6) is 5.75 Å². The third-order valence-electron chi connectivity index (χ3n) is 3.58. The van der Waals surface area contributed by atoms with E-state index >= 15 is 0 Å². The van der Waals surface area contributed by atoms with E-state index in [0.29, 0.717) is 5.96 Å². The number of methoxy groups -OCH3 is 1. The van der Waals surface area contributed by atoms with E-state index in [0.717, 1.165) is 37.2 Å². The van der Waals surface area contributed by atoms with Gasteiger partial charge in [0.15, 0.2) is 5.96 Å². The molecule has 0 aromatic heterocycles. The lowest BCUT2D eigenvalue weighted by Gasteiger charge is -2.27. The van der Waals surface area contributed by atoms with Crippen molar-refractivity contribution in [1.29, 1.82) is 0 Å². The molecule has 0 radical (unpaired) electrons. The van der Waals surface area contributed by atoms with Crippen LogP contribution in [0.4, 0.5) is 0 Å². The number of nitrogens with two attached hydrogens (primary N) is 1. The maximum atomic E-state index is 10.2. The van der Waals surface area contributed by atoms with Gasteiger partial charge in [-0.05, 0) is 37.0 Å². The molecular formula is C15H23N3O2. The van der Waals surface area contributed by atoms with Crippen molar-refractivity contribution in [2.75, 3.05) is 26.7 Å². The Morgan fingerprint density at radius 3 is 2.85 bits per heavy atom. The molecule has 0 aliphatic carbocycles. The fourth-order valence-corrected chi connectivity index (χ4v) is 2.36. The van der Waals surface area contributed by atoms with Gasteiger partial charge in [-0.1, -0.05) is 12.1 Å². The van der Waals surface area contributed by atoms with Gasteiger partial charge < -0.3 is 20.5 Å². The van der Waals surface area contributed by atoms with Gasteiger partial charge in [0.25, 0.3) is 0 Å². The third-order valence-corrected chi connectivity index (χ3v) is 3.58. The van der Waals surface area contributed by atoms with Gasteiger partial charge in [0.1, 0.15) is 5.75 Å². The van der Waals surface area contributed by atoms with Crippen molar-refractivity contribution in [3.8, 4) is 5.75 Å². The van der Waals surface area contributed by atoms with Crippen LogP contribution in [0.25, 0.3) is 0 Å². The molecule has 5 nitrogen and oxygen atoms in total. The topological polar surface area (TPSA) is 71.1 Å². The van der Waals surface area contributed by atoms with E-state index in [1.807, 2.05) is 24.3 Å². The van der Waals surface area contributed by atoms with Crippen molar-refractivity contribution in [3.63, 3.8) is 0 Å². The number of aliphatic hydroxyl groups is 1. The molecule has 1 fully saturated rings. The average Bonchev–Trinajstić information content (AvgIpc) is 2.53. The molecule has 0 bridgehead atoms. The minimum Gasteiger partial charge on any atom is -0.497 e. The highest BCUT2D eigenvalue weighted by Gasteiger charge is 2.13. The summed E-state index contributed by atoms with van der Waals surface area (Å²) >= 11 is 0. The summed E-state index contributed by atoms with van der Waals surface area (Å²) in [6, 6.07) is 7.38. The number of likely N-dealkylation sites (tertiary alicyclic amines) is 1. The Morgan fingerprint density at radius 1 is 1.40 bits per heavy atom. The van der Waals surface area contributed by atoms with Crippen LogP contribution in [0.3, 0.4) is 0 Å². The van der Waals surface area contributed by atoms with Crippen LogP contribution in [0.15, 0.2) is 29.3 Å². The normalized spacial score (nSPS) is 17.9. The fraction of sp³-hybridized carbons (Fsp3) is 0.533. The van der Waals surface area contributed by atoms with Crippen molar-refractivity contribution in [3.05, 3.63) is 29.8 Å². The largest absolute Gasteiger partial charge is 0.497 e. The van der Waals surface area contributed by atoms with Gasteiger partial charge in [0.2, 0.25) is 0 Å². The van der Waals surface area contributed by atoms with Gasteiger partial charge in [-0.2, -0.15) is 0 Å². The Balaban J connectivity index is 1.94. The van der Waals surface area contributed by atoms with E-state index in [4.69, 9.17) is 10.5 Å². The summed E-state index contributed by atoms with van der Waals surface area (Å²) in [5.41, 5.74) is 6.76. The molecule has 110 valence electrons. The number of ether oxygens (including phenoxy) is 1. The maximum Gasteiger partial charge on any atom is 0.191 e. The molecular weight excluding hydrogens is 254 g/mol. The van der Waals surface area contributed by atoms with Gasteiger partial charge in [0.05, 0.1) is 19.8 Å². The third kappa shape index (κ3) is 3.87. The highest BCUT2D eigenvalue weighted by atomic mass is 16.5. The Kier molecular flexibility index (Phi) is 5.24. The molecule has 0 spiro atoms. The lowest BCUT2D eigenvalue weighted by molar-refractivity contribution is 0.186. The summed E-state index contributed by atoms with van der Waals surface area (Å²) in [5, 5.41) is 10.2. The smallest absolute Gasteiger partial charge is 0.191 e. The van der Waals surface area contributed by atoms with E-state index in [-0.39, 0.29) is 6.54 Å². The minimum absolute atomic E-state index is 0.273. The van der Waals surface area contributed by atoms with E-state index < -0.39 is 6.10 Å². The highest BCUT2D eigenvalue weighted by Crippen LogP contribution is 2.19. The van der Waals surface area contributed by atoms with Gasteiger partial charge in [-0.15, -0.1) is 0 Å². The Morgan fingerprint density at radius 2 is 2.15 bits per heavy atom. The van der Waals surface area contributed by atoms with Crippen LogP contribution in [0.2, 0.25) is 0 Å². The van der Waals surface area contributed by atoms with Gasteiger partial charge in [-0.3, -0.25) is 4.99 Å². The molecule has 1 unspecified atom stereocenters. The molecule has 2 rings (SSSR count). The van der Waals surface area contributed by atoms with Crippen LogP contribution >= 0.6 is 0 Å². The SMILES string of the molecule is COc1cccc(C(O)CN=C(N)N2CCCCC2)c1. The van der Waals surface area contributed by atoms with Crippen molar-refractivity contribution < 1.29 is 9.84 Å². The molecule has 3 N–H and O–H groups in total. The van der Waals surface area contributed by atoms with Gasteiger partial charge >= 0.3 is 0 Å². The molecule has 1 aliphatic rings. The second-order valence-electron chi connectivity index (χ2n) is 5.04. The number of aliphatic imine (C=N–C) groups is 1. The van der Waals surface area contributed by atoms with Crippen LogP contribution in [0, 0.1) is 0 Å². The predicted octanol–water partition coefficient (Wildman–Crippen LogP) is 1.53.